The fourth-order valence-electron chi connectivity index (χ4n) is 2.69. The van der Waals surface area contributed by atoms with Gasteiger partial charge in [0.1, 0.15) is 24.0 Å². The smallest absolute Gasteiger partial charge is 0.394 e. The molecule has 15 nitrogen and oxygen atoms in total. The Morgan fingerprint density at radius 3 is 2.28 bits per heavy atom. The number of hydrogen-bond donors (Lipinski definition) is 8. The van der Waals surface area contributed by atoms with Crippen molar-refractivity contribution in [2.24, 2.45) is 0 Å². The molecule has 2 rings (SSSR count). The molecule has 0 fully saturated rings. The average Bonchev–Trinajstić information content (AvgIpc) is 2.88. The number of nitrogens with one attached hydrogen (secondary N) is 2. The largest absolute Gasteiger partial charge is 0.469 e. The van der Waals surface area contributed by atoms with Crippen molar-refractivity contribution in [2.45, 2.75) is 37.8 Å². The second-order valence-corrected chi connectivity index (χ2v) is 7.37. The zero-order valence-electron chi connectivity index (χ0n) is 14.8. The van der Waals surface area contributed by atoms with E-state index in [4.69, 9.17) is 14.9 Å². The van der Waals surface area contributed by atoms with E-state index >= 15 is 0 Å². The van der Waals surface area contributed by atoms with Crippen LogP contribution in [0, 0.1) is 0 Å². The van der Waals surface area contributed by atoms with Crippen LogP contribution in [0.2, 0.25) is 0 Å². The van der Waals surface area contributed by atoms with Crippen LogP contribution < -0.4 is 16.9 Å². The van der Waals surface area contributed by atoms with Crippen molar-refractivity contribution >= 4 is 19.0 Å². The Morgan fingerprint density at radius 2 is 1.69 bits per heavy atom. The molecule has 0 aliphatic rings. The van der Waals surface area contributed by atoms with Crippen LogP contribution in [0.3, 0.4) is 0 Å². The molecular weight excluding hydrogens is 419 g/mol. The van der Waals surface area contributed by atoms with Gasteiger partial charge in [-0.2, -0.15) is 0 Å². The number of aromatic amines is 2. The molecule has 0 aromatic carbocycles. The van der Waals surface area contributed by atoms with Crippen molar-refractivity contribution in [2.75, 3.05) is 13.2 Å². The van der Waals surface area contributed by atoms with Crippen LogP contribution in [0.4, 0.5) is 0 Å². The van der Waals surface area contributed by atoms with Gasteiger partial charge in [-0.3, -0.25) is 28.4 Å². The third-order valence-corrected chi connectivity index (χ3v) is 4.55. The van der Waals surface area contributed by atoms with Crippen molar-refractivity contribution in [3.05, 3.63) is 31.3 Å². The molecule has 164 valence electrons. The number of fused-ring (bicyclic) bond motifs is 1. The first-order valence-corrected chi connectivity index (χ1v) is 9.80. The molecule has 0 radical (unpaired) electrons. The fourth-order valence-corrected chi connectivity index (χ4v) is 3.06. The Bertz CT molecular complexity index is 1060. The minimum atomic E-state index is -4.71. The molecular formula is C13H21N4O11P. The number of aromatic nitrogens is 4. The van der Waals surface area contributed by atoms with Crippen molar-refractivity contribution in [1.29, 1.82) is 0 Å². The number of hydrogen-bond acceptors (Lipinski definition) is 9. The SMILES string of the molecule is O=c1[nH]c(=O)c2c([nH]1)n(C[C@@H](O)[C@@H](O)[C@@H](O)CO)c(=O)n2CCCOP(=O)(O)O. The van der Waals surface area contributed by atoms with Gasteiger partial charge in [-0.25, -0.2) is 14.2 Å². The van der Waals surface area contributed by atoms with Crippen LogP contribution in [-0.4, -0.2) is 80.8 Å². The van der Waals surface area contributed by atoms with E-state index in [2.05, 4.69) is 9.51 Å². The first-order chi connectivity index (χ1) is 13.5. The van der Waals surface area contributed by atoms with E-state index in [1.165, 1.54) is 0 Å². The summed E-state index contributed by atoms with van der Waals surface area (Å²) in [5.41, 5.74) is -3.31. The van der Waals surface area contributed by atoms with Gasteiger partial charge in [-0.15, -0.1) is 0 Å². The Labute approximate surface area is 160 Å². The highest BCUT2D eigenvalue weighted by Crippen LogP contribution is 2.35. The zero-order chi connectivity index (χ0) is 21.9. The highest BCUT2D eigenvalue weighted by Gasteiger charge is 2.27. The number of rotatable bonds is 10. The van der Waals surface area contributed by atoms with Gasteiger partial charge in [0.05, 0.1) is 19.8 Å². The number of aliphatic hydroxyl groups is 4. The normalized spacial score (nSPS) is 15.5. The average molecular weight is 440 g/mol. The lowest BCUT2D eigenvalue weighted by molar-refractivity contribution is -0.0806. The topological polar surface area (TPSA) is 240 Å². The number of phosphoric ester groups is 1. The number of aliphatic hydroxyl groups excluding tert-OH is 4. The van der Waals surface area contributed by atoms with Crippen molar-refractivity contribution in [3.8, 4) is 0 Å². The van der Waals surface area contributed by atoms with E-state index < -0.39 is 62.8 Å². The predicted octanol–water partition coefficient (Wildman–Crippen LogP) is -4.25. The van der Waals surface area contributed by atoms with Gasteiger partial charge < -0.3 is 30.2 Å². The zero-order valence-corrected chi connectivity index (χ0v) is 15.7. The Balaban J connectivity index is 2.42. The third-order valence-electron chi connectivity index (χ3n) is 4.03. The van der Waals surface area contributed by atoms with Crippen LogP contribution in [0.5, 0.6) is 0 Å². The molecule has 29 heavy (non-hydrogen) atoms. The standard InChI is InChI=1S/C13H21N4O11P/c18-5-7(20)9(21)6(19)4-17-10-8(11(22)15-12(23)14-10)16(13(17)24)2-1-3-28-29(25,26)27/h6-7,9,18-21H,1-5H2,(H2,25,26,27)(H2,14,15,22,23)/t6-,7+,9-/m1/s1. The molecule has 0 aliphatic heterocycles. The lowest BCUT2D eigenvalue weighted by Gasteiger charge is -2.21. The number of nitrogens with zero attached hydrogens (tertiary/aromatic N) is 2. The van der Waals surface area contributed by atoms with Crippen LogP contribution in [0.25, 0.3) is 11.2 Å². The number of aryl methyl sites for hydroxylation is 1. The van der Waals surface area contributed by atoms with Crippen LogP contribution in [0.15, 0.2) is 14.4 Å². The van der Waals surface area contributed by atoms with Gasteiger partial charge in [-0.05, 0) is 6.42 Å². The van der Waals surface area contributed by atoms with E-state index in [9.17, 15) is 34.3 Å². The van der Waals surface area contributed by atoms with Gasteiger partial charge in [0, 0.05) is 6.54 Å². The van der Waals surface area contributed by atoms with E-state index in [-0.39, 0.29) is 24.1 Å². The van der Waals surface area contributed by atoms with E-state index in [0.29, 0.717) is 0 Å². The second-order valence-electron chi connectivity index (χ2n) is 6.14. The third kappa shape index (κ3) is 5.49. The van der Waals surface area contributed by atoms with Gasteiger partial charge in [0.2, 0.25) is 0 Å². The van der Waals surface area contributed by atoms with Gasteiger partial charge in [-0.1, -0.05) is 0 Å². The summed E-state index contributed by atoms with van der Waals surface area (Å²) in [6, 6.07) is 0. The summed E-state index contributed by atoms with van der Waals surface area (Å²) in [6.45, 7) is -2.16. The fraction of sp³-hybridized carbons (Fsp3) is 0.615. The molecule has 2 aromatic rings. The molecule has 0 saturated heterocycles. The minimum Gasteiger partial charge on any atom is -0.394 e. The van der Waals surface area contributed by atoms with E-state index in [1.54, 1.807) is 0 Å². The van der Waals surface area contributed by atoms with Gasteiger partial charge in [0.15, 0.2) is 5.52 Å². The van der Waals surface area contributed by atoms with Gasteiger partial charge in [0.25, 0.3) is 5.56 Å². The van der Waals surface area contributed by atoms with Crippen LogP contribution in [-0.2, 0) is 22.2 Å². The Hall–Kier alpha value is -2.10. The minimum absolute atomic E-state index is 0.0862. The maximum atomic E-state index is 12.7. The summed E-state index contributed by atoms with van der Waals surface area (Å²) < 4.78 is 16.7. The van der Waals surface area contributed by atoms with Crippen molar-refractivity contribution in [1.82, 2.24) is 19.1 Å². The molecule has 0 saturated carbocycles. The monoisotopic (exact) mass is 440 g/mol. The predicted molar refractivity (Wildman–Crippen MR) is 95.2 cm³/mol. The Kier molecular flexibility index (Phi) is 7.31. The molecule has 0 unspecified atom stereocenters. The summed E-state index contributed by atoms with van der Waals surface area (Å²) in [5.74, 6) is 0. The van der Waals surface area contributed by atoms with Crippen LogP contribution >= 0.6 is 7.82 Å². The number of imidazole rings is 1. The maximum absolute atomic E-state index is 12.7. The molecule has 0 spiro atoms. The molecule has 8 N–H and O–H groups in total. The van der Waals surface area contributed by atoms with Gasteiger partial charge >= 0.3 is 19.2 Å². The highest BCUT2D eigenvalue weighted by molar-refractivity contribution is 7.46. The molecule has 3 atom stereocenters. The van der Waals surface area contributed by atoms with E-state index in [0.717, 1.165) is 9.13 Å². The van der Waals surface area contributed by atoms with E-state index in [1.807, 2.05) is 4.98 Å². The highest BCUT2D eigenvalue weighted by atomic mass is 31.2. The quantitative estimate of drug-likeness (QED) is 0.130. The molecule has 16 heteroatoms. The van der Waals surface area contributed by atoms with Crippen molar-refractivity contribution < 1.29 is 39.3 Å². The lowest BCUT2D eigenvalue weighted by Crippen LogP contribution is -2.43. The second kappa shape index (κ2) is 9.15. The lowest BCUT2D eigenvalue weighted by atomic mass is 10.1. The molecule has 2 aromatic heterocycles. The maximum Gasteiger partial charge on any atom is 0.469 e. The Morgan fingerprint density at radius 1 is 1.03 bits per heavy atom. The molecule has 2 heterocycles. The summed E-state index contributed by atoms with van der Waals surface area (Å²) in [7, 11) is -4.71. The summed E-state index contributed by atoms with van der Waals surface area (Å²) in [6.07, 6.45) is -5.34. The number of phosphoric acid groups is 1. The molecule has 0 amide bonds. The molecule has 0 bridgehead atoms. The summed E-state index contributed by atoms with van der Waals surface area (Å²) in [5, 5.41) is 38.1. The first kappa shape index (κ1) is 23.2. The van der Waals surface area contributed by atoms with Crippen LogP contribution in [0.1, 0.15) is 6.42 Å². The molecule has 0 aliphatic carbocycles. The summed E-state index contributed by atoms with van der Waals surface area (Å²) in [4.78, 5) is 58.0. The summed E-state index contributed by atoms with van der Waals surface area (Å²) >= 11 is 0. The van der Waals surface area contributed by atoms with Crippen molar-refractivity contribution in [3.63, 3.8) is 0 Å². The first-order valence-electron chi connectivity index (χ1n) is 8.27. The number of H-pyrrole nitrogens is 2.